The standard InChI is InChI=1S/C14H19F2N3/c15-11-2-1-10(12(16)8-11)7-13(17)14-9-18-3-5-19(14)6-4-18/h1-2,8,13-14H,3-7,9,17H2. The van der Waals surface area contributed by atoms with Crippen molar-refractivity contribution in [1.82, 2.24) is 9.80 Å². The van der Waals surface area contributed by atoms with Gasteiger partial charge in [-0.3, -0.25) is 9.80 Å². The number of hydrogen-bond acceptors (Lipinski definition) is 3. The Hall–Kier alpha value is -1.04. The molecule has 3 heterocycles. The Balaban J connectivity index is 1.69. The van der Waals surface area contributed by atoms with Crippen LogP contribution in [0.3, 0.4) is 0 Å². The number of hydrogen-bond donors (Lipinski definition) is 1. The van der Waals surface area contributed by atoms with Crippen molar-refractivity contribution in [3.05, 3.63) is 35.4 Å². The second-order valence-corrected chi connectivity index (χ2v) is 5.51. The van der Waals surface area contributed by atoms with Crippen LogP contribution in [0.2, 0.25) is 0 Å². The average Bonchev–Trinajstić information content (AvgIpc) is 2.43. The second-order valence-electron chi connectivity index (χ2n) is 5.51. The van der Waals surface area contributed by atoms with Crippen LogP contribution in [0.15, 0.2) is 18.2 Å². The highest BCUT2D eigenvalue weighted by Gasteiger charge is 2.35. The monoisotopic (exact) mass is 267 g/mol. The van der Waals surface area contributed by atoms with Crippen LogP contribution in [0, 0.1) is 11.6 Å². The maximum atomic E-state index is 13.6. The minimum Gasteiger partial charge on any atom is -0.326 e. The predicted molar refractivity (Wildman–Crippen MR) is 69.8 cm³/mol. The molecule has 0 spiro atoms. The van der Waals surface area contributed by atoms with E-state index in [-0.39, 0.29) is 12.1 Å². The van der Waals surface area contributed by atoms with Crippen molar-refractivity contribution in [2.75, 3.05) is 32.7 Å². The molecule has 1 aromatic rings. The summed E-state index contributed by atoms with van der Waals surface area (Å²) in [5, 5.41) is 0. The molecule has 2 unspecified atom stereocenters. The van der Waals surface area contributed by atoms with Gasteiger partial charge in [0.2, 0.25) is 0 Å². The molecule has 3 nitrogen and oxygen atoms in total. The number of rotatable bonds is 3. The van der Waals surface area contributed by atoms with Gasteiger partial charge >= 0.3 is 0 Å². The maximum Gasteiger partial charge on any atom is 0.129 e. The minimum absolute atomic E-state index is 0.108. The van der Waals surface area contributed by atoms with Crippen LogP contribution >= 0.6 is 0 Å². The summed E-state index contributed by atoms with van der Waals surface area (Å²) in [6, 6.07) is 3.90. The summed E-state index contributed by atoms with van der Waals surface area (Å²) in [4.78, 5) is 4.80. The van der Waals surface area contributed by atoms with E-state index >= 15 is 0 Å². The highest BCUT2D eigenvalue weighted by Crippen LogP contribution is 2.20. The van der Waals surface area contributed by atoms with Crippen LogP contribution in [0.1, 0.15) is 5.56 Å². The molecule has 0 radical (unpaired) electrons. The zero-order valence-electron chi connectivity index (χ0n) is 10.9. The predicted octanol–water partition coefficient (Wildman–Crippen LogP) is 0.834. The van der Waals surface area contributed by atoms with Gasteiger partial charge in [0.05, 0.1) is 0 Å². The van der Waals surface area contributed by atoms with Crippen LogP contribution < -0.4 is 5.73 Å². The third-order valence-electron chi connectivity index (χ3n) is 4.29. The van der Waals surface area contributed by atoms with Crippen molar-refractivity contribution in [2.24, 2.45) is 5.73 Å². The second kappa shape index (κ2) is 5.15. The van der Waals surface area contributed by atoms with E-state index in [1.165, 1.54) is 12.1 Å². The Morgan fingerprint density at radius 1 is 1.21 bits per heavy atom. The van der Waals surface area contributed by atoms with E-state index in [2.05, 4.69) is 9.80 Å². The fraction of sp³-hybridized carbons (Fsp3) is 0.571. The molecule has 0 aliphatic carbocycles. The van der Waals surface area contributed by atoms with Gasteiger partial charge in [-0.05, 0) is 18.1 Å². The first-order valence-corrected chi connectivity index (χ1v) is 6.79. The number of piperazine rings is 3. The van der Waals surface area contributed by atoms with Gasteiger partial charge in [-0.1, -0.05) is 6.07 Å². The molecule has 104 valence electrons. The molecule has 2 N–H and O–H groups in total. The zero-order chi connectivity index (χ0) is 13.4. The van der Waals surface area contributed by atoms with Crippen molar-refractivity contribution in [1.29, 1.82) is 0 Å². The van der Waals surface area contributed by atoms with Gasteiger partial charge in [0.15, 0.2) is 0 Å². The summed E-state index contributed by atoms with van der Waals surface area (Å²) in [6.07, 6.45) is 0.459. The highest BCUT2D eigenvalue weighted by atomic mass is 19.1. The molecule has 5 heteroatoms. The largest absolute Gasteiger partial charge is 0.326 e. The lowest BCUT2D eigenvalue weighted by molar-refractivity contribution is 0.00249. The van der Waals surface area contributed by atoms with Gasteiger partial charge < -0.3 is 5.73 Å². The first kappa shape index (κ1) is 13.0. The molecule has 3 fully saturated rings. The van der Waals surface area contributed by atoms with Crippen molar-refractivity contribution >= 4 is 0 Å². The van der Waals surface area contributed by atoms with Crippen LogP contribution in [-0.2, 0) is 6.42 Å². The highest BCUT2D eigenvalue weighted by molar-refractivity contribution is 5.20. The molecule has 0 amide bonds. The minimum atomic E-state index is -0.540. The van der Waals surface area contributed by atoms with Crippen molar-refractivity contribution in [3.8, 4) is 0 Å². The topological polar surface area (TPSA) is 32.5 Å². The molecule has 0 saturated carbocycles. The summed E-state index contributed by atoms with van der Waals surface area (Å²) in [7, 11) is 0. The van der Waals surface area contributed by atoms with Crippen LogP contribution in [0.5, 0.6) is 0 Å². The molecular formula is C14H19F2N3. The van der Waals surface area contributed by atoms with E-state index in [4.69, 9.17) is 5.73 Å². The third-order valence-corrected chi connectivity index (χ3v) is 4.29. The van der Waals surface area contributed by atoms with E-state index in [1.54, 1.807) is 0 Å². The van der Waals surface area contributed by atoms with Crippen molar-refractivity contribution in [2.45, 2.75) is 18.5 Å². The number of nitrogens with zero attached hydrogens (tertiary/aromatic N) is 2. The summed E-state index contributed by atoms with van der Waals surface area (Å²) < 4.78 is 26.5. The van der Waals surface area contributed by atoms with Gasteiger partial charge in [0.25, 0.3) is 0 Å². The summed E-state index contributed by atoms with van der Waals surface area (Å²) in [6.45, 7) is 5.26. The first-order valence-electron chi connectivity index (χ1n) is 6.79. The van der Waals surface area contributed by atoms with Gasteiger partial charge in [-0.2, -0.15) is 0 Å². The Bertz CT molecular complexity index is 458. The van der Waals surface area contributed by atoms with Crippen LogP contribution in [-0.4, -0.2) is 54.6 Å². The lowest BCUT2D eigenvalue weighted by atomic mass is 9.95. The maximum absolute atomic E-state index is 13.6. The van der Waals surface area contributed by atoms with Gasteiger partial charge in [0.1, 0.15) is 11.6 Å². The van der Waals surface area contributed by atoms with E-state index in [0.717, 1.165) is 38.8 Å². The summed E-state index contributed by atoms with van der Waals surface area (Å²) >= 11 is 0. The number of nitrogens with two attached hydrogens (primary N) is 1. The summed E-state index contributed by atoms with van der Waals surface area (Å²) in [5.41, 5.74) is 6.75. The fourth-order valence-corrected chi connectivity index (χ4v) is 3.14. The smallest absolute Gasteiger partial charge is 0.129 e. The molecule has 3 aliphatic rings. The molecule has 2 bridgehead atoms. The molecule has 3 saturated heterocycles. The van der Waals surface area contributed by atoms with Crippen molar-refractivity contribution < 1.29 is 8.78 Å². The zero-order valence-corrected chi connectivity index (χ0v) is 10.9. The number of fused-ring (bicyclic) bond motifs is 3. The molecule has 2 atom stereocenters. The van der Waals surface area contributed by atoms with Crippen LogP contribution in [0.25, 0.3) is 0 Å². The average molecular weight is 267 g/mol. The van der Waals surface area contributed by atoms with E-state index in [1.807, 2.05) is 0 Å². The molecule has 0 aromatic heterocycles. The lowest BCUT2D eigenvalue weighted by Gasteiger charge is -2.49. The van der Waals surface area contributed by atoms with E-state index in [9.17, 15) is 8.78 Å². The van der Waals surface area contributed by atoms with Gasteiger partial charge in [0, 0.05) is 50.9 Å². The van der Waals surface area contributed by atoms with E-state index < -0.39 is 11.6 Å². The van der Waals surface area contributed by atoms with Gasteiger partial charge in [-0.25, -0.2) is 8.78 Å². The Morgan fingerprint density at radius 3 is 2.53 bits per heavy atom. The van der Waals surface area contributed by atoms with Gasteiger partial charge in [-0.15, -0.1) is 0 Å². The lowest BCUT2D eigenvalue weighted by Crippen LogP contribution is -2.66. The quantitative estimate of drug-likeness (QED) is 0.880. The number of benzene rings is 1. The molecule has 3 aliphatic heterocycles. The normalized spacial score (nSPS) is 31.4. The van der Waals surface area contributed by atoms with Crippen LogP contribution in [0.4, 0.5) is 8.78 Å². The van der Waals surface area contributed by atoms with E-state index in [0.29, 0.717) is 12.0 Å². The SMILES string of the molecule is NC(Cc1ccc(F)cc1F)C1CN2CCN1CC2. The Labute approximate surface area is 112 Å². The fourth-order valence-electron chi connectivity index (χ4n) is 3.14. The molecule has 1 aromatic carbocycles. The molecule has 19 heavy (non-hydrogen) atoms. The molecular weight excluding hydrogens is 248 g/mol. The Morgan fingerprint density at radius 2 is 1.95 bits per heavy atom. The first-order chi connectivity index (χ1) is 9.13. The Kier molecular flexibility index (Phi) is 3.52. The summed E-state index contributed by atoms with van der Waals surface area (Å²) in [5.74, 6) is -1.03. The third kappa shape index (κ3) is 2.63. The molecule has 4 rings (SSSR count). The van der Waals surface area contributed by atoms with Crippen molar-refractivity contribution in [3.63, 3.8) is 0 Å². The number of halogens is 2.